The van der Waals surface area contributed by atoms with Gasteiger partial charge in [0.2, 0.25) is 0 Å². The highest BCUT2D eigenvalue weighted by molar-refractivity contribution is 7.87. The topological polar surface area (TPSA) is 134 Å². The third kappa shape index (κ3) is 6.72. The molecule has 39 heavy (non-hydrogen) atoms. The van der Waals surface area contributed by atoms with Crippen LogP contribution >= 0.6 is 11.3 Å². The fraction of sp³-hybridized carbons (Fsp3) is 0.222. The molecule has 0 radical (unpaired) electrons. The number of nitrogens with zero attached hydrogens (tertiary/aromatic N) is 1. The Hall–Kier alpha value is -4.00. The smallest absolute Gasteiger partial charge is 0.340 e. The molecule has 4 rings (SSSR count). The molecule has 2 unspecified atom stereocenters. The van der Waals surface area contributed by atoms with E-state index in [2.05, 4.69) is 10.5 Å². The molecule has 1 N–H and O–H groups in total. The van der Waals surface area contributed by atoms with Crippen molar-refractivity contribution >= 4 is 33.3 Å². The molecule has 2 aromatic carbocycles. The molecular formula is C27H26N2O8S2. The van der Waals surface area contributed by atoms with Crippen molar-refractivity contribution in [3.05, 3.63) is 89.3 Å². The second-order valence-electron chi connectivity index (χ2n) is 8.17. The van der Waals surface area contributed by atoms with Crippen LogP contribution < -0.4 is 9.50 Å². The lowest BCUT2D eigenvalue weighted by atomic mass is 10.0. The van der Waals surface area contributed by atoms with Gasteiger partial charge in [0, 0.05) is 13.5 Å². The molecule has 0 bridgehead atoms. The van der Waals surface area contributed by atoms with Crippen molar-refractivity contribution in [2.75, 3.05) is 13.7 Å². The zero-order valence-corrected chi connectivity index (χ0v) is 22.7. The van der Waals surface area contributed by atoms with Gasteiger partial charge in [0.1, 0.15) is 10.9 Å². The Kier molecular flexibility index (Phi) is 9.12. The summed E-state index contributed by atoms with van der Waals surface area (Å²) >= 11 is 1.32. The Bertz CT molecular complexity index is 1490. The summed E-state index contributed by atoms with van der Waals surface area (Å²) in [4.78, 5) is 26.7. The van der Waals surface area contributed by atoms with Crippen LogP contribution in [0.15, 0.2) is 87.6 Å². The minimum Gasteiger partial charge on any atom is -0.464 e. The standard InChI is InChI=1S/C27H26N2O8S2/c1-3-35-27(31)21(28-25(30)23(34-2)18-11-6-4-7-12-18)17-20-24(22-15-10-16-38-22)36-29-26(20)37-39(32,33)19-13-8-5-9-14-19/h4-16,21,23H,3,17H2,1-2H3,(H,28,30). The first-order valence-electron chi connectivity index (χ1n) is 11.9. The SMILES string of the molecule is CCOC(=O)C(Cc1c(OS(=O)(=O)c2ccccc2)noc1-c1cccs1)NC(=O)C(OC)c1ccccc1. The number of methoxy groups -OCH3 is 1. The van der Waals surface area contributed by atoms with Crippen LogP contribution in [0.25, 0.3) is 10.6 Å². The molecule has 2 aromatic heterocycles. The summed E-state index contributed by atoms with van der Waals surface area (Å²) in [6.07, 6.45) is -1.23. The van der Waals surface area contributed by atoms with E-state index in [1.807, 2.05) is 0 Å². The van der Waals surface area contributed by atoms with Crippen LogP contribution in [-0.4, -0.2) is 45.2 Å². The molecule has 204 valence electrons. The number of ether oxygens (including phenoxy) is 2. The van der Waals surface area contributed by atoms with Crippen LogP contribution in [0, 0.1) is 0 Å². The molecule has 1 amide bonds. The molecule has 0 saturated heterocycles. The number of carbonyl (C=O) groups excluding carboxylic acids is 2. The number of aromatic nitrogens is 1. The number of hydrogen-bond acceptors (Lipinski definition) is 10. The number of carbonyl (C=O) groups is 2. The molecule has 4 aromatic rings. The summed E-state index contributed by atoms with van der Waals surface area (Å²) < 4.78 is 47.4. The Labute approximate surface area is 229 Å². The van der Waals surface area contributed by atoms with Crippen LogP contribution in [0.2, 0.25) is 0 Å². The summed E-state index contributed by atoms with van der Waals surface area (Å²) in [6.45, 7) is 1.70. The summed E-state index contributed by atoms with van der Waals surface area (Å²) in [5.74, 6) is -1.46. The van der Waals surface area contributed by atoms with E-state index in [1.165, 1.54) is 30.6 Å². The first kappa shape index (κ1) is 28.0. The van der Waals surface area contributed by atoms with Crippen molar-refractivity contribution in [1.29, 1.82) is 0 Å². The van der Waals surface area contributed by atoms with Crippen LogP contribution in [0.3, 0.4) is 0 Å². The second kappa shape index (κ2) is 12.7. The number of hydrogen-bond donors (Lipinski definition) is 1. The summed E-state index contributed by atoms with van der Waals surface area (Å²) in [6, 6.07) is 18.6. The zero-order chi connectivity index (χ0) is 27.8. The van der Waals surface area contributed by atoms with Gasteiger partial charge in [0.15, 0.2) is 11.9 Å². The highest BCUT2D eigenvalue weighted by atomic mass is 32.2. The largest absolute Gasteiger partial charge is 0.464 e. The van der Waals surface area contributed by atoms with E-state index in [0.29, 0.717) is 10.4 Å². The number of esters is 1. The fourth-order valence-electron chi connectivity index (χ4n) is 3.79. The molecule has 0 saturated carbocycles. The molecule has 2 atom stereocenters. The van der Waals surface area contributed by atoms with Gasteiger partial charge in [-0.15, -0.1) is 11.3 Å². The van der Waals surface area contributed by atoms with Crippen molar-refractivity contribution < 1.29 is 36.2 Å². The fourth-order valence-corrected chi connectivity index (χ4v) is 5.44. The predicted molar refractivity (Wildman–Crippen MR) is 143 cm³/mol. The van der Waals surface area contributed by atoms with Gasteiger partial charge in [0.05, 0.1) is 17.0 Å². The van der Waals surface area contributed by atoms with E-state index in [1.54, 1.807) is 73.0 Å². The number of nitrogens with one attached hydrogen (secondary N) is 1. The summed E-state index contributed by atoms with van der Waals surface area (Å²) in [7, 11) is -2.90. The van der Waals surface area contributed by atoms with Gasteiger partial charge in [0.25, 0.3) is 11.8 Å². The van der Waals surface area contributed by atoms with Gasteiger partial charge in [-0.25, -0.2) is 4.79 Å². The van der Waals surface area contributed by atoms with Gasteiger partial charge >= 0.3 is 16.1 Å². The van der Waals surface area contributed by atoms with Gasteiger partial charge in [-0.3, -0.25) is 4.79 Å². The van der Waals surface area contributed by atoms with E-state index < -0.39 is 34.1 Å². The van der Waals surface area contributed by atoms with Crippen LogP contribution in [0.5, 0.6) is 5.88 Å². The van der Waals surface area contributed by atoms with E-state index in [4.69, 9.17) is 18.2 Å². The van der Waals surface area contributed by atoms with Crippen LogP contribution in [0.1, 0.15) is 24.2 Å². The van der Waals surface area contributed by atoms with Gasteiger partial charge < -0.3 is 23.5 Å². The number of benzene rings is 2. The van der Waals surface area contributed by atoms with E-state index in [-0.39, 0.29) is 35.1 Å². The van der Waals surface area contributed by atoms with Gasteiger partial charge in [-0.05, 0) is 41.2 Å². The average Bonchev–Trinajstić information content (AvgIpc) is 3.60. The molecule has 0 aliphatic heterocycles. The van der Waals surface area contributed by atoms with Crippen LogP contribution in [0.4, 0.5) is 0 Å². The number of thiophene rings is 1. The normalized spacial score (nSPS) is 12.9. The minimum atomic E-state index is -4.28. The second-order valence-corrected chi connectivity index (χ2v) is 10.7. The Morgan fingerprint density at radius 2 is 1.72 bits per heavy atom. The number of amides is 1. The highest BCUT2D eigenvalue weighted by Gasteiger charge is 2.33. The Balaban J connectivity index is 1.69. The molecule has 10 nitrogen and oxygen atoms in total. The van der Waals surface area contributed by atoms with E-state index in [0.717, 1.165) is 0 Å². The quantitative estimate of drug-likeness (QED) is 0.197. The summed E-state index contributed by atoms with van der Waals surface area (Å²) in [5, 5.41) is 8.34. The maximum Gasteiger partial charge on any atom is 0.340 e. The van der Waals surface area contributed by atoms with E-state index in [9.17, 15) is 18.0 Å². The third-order valence-electron chi connectivity index (χ3n) is 5.59. The van der Waals surface area contributed by atoms with Crippen molar-refractivity contribution in [2.24, 2.45) is 0 Å². The molecule has 0 fully saturated rings. The van der Waals surface area contributed by atoms with Crippen molar-refractivity contribution in [1.82, 2.24) is 10.5 Å². The lowest BCUT2D eigenvalue weighted by Gasteiger charge is -2.21. The molecule has 0 spiro atoms. The Morgan fingerprint density at radius 1 is 1.03 bits per heavy atom. The molecule has 0 aliphatic carbocycles. The van der Waals surface area contributed by atoms with Crippen LogP contribution in [-0.2, 0) is 35.6 Å². The molecule has 2 heterocycles. The molecular weight excluding hydrogens is 544 g/mol. The number of rotatable bonds is 12. The summed E-state index contributed by atoms with van der Waals surface area (Å²) in [5.41, 5.74) is 0.756. The van der Waals surface area contributed by atoms with E-state index >= 15 is 0 Å². The predicted octanol–water partition coefficient (Wildman–Crippen LogP) is 4.15. The Morgan fingerprint density at radius 3 is 2.33 bits per heavy atom. The van der Waals surface area contributed by atoms with Crippen molar-refractivity contribution in [3.8, 4) is 16.5 Å². The maximum atomic E-state index is 13.2. The highest BCUT2D eigenvalue weighted by Crippen LogP contribution is 2.36. The molecule has 12 heteroatoms. The average molecular weight is 571 g/mol. The third-order valence-corrected chi connectivity index (χ3v) is 7.69. The minimum absolute atomic E-state index is 0.0603. The lowest BCUT2D eigenvalue weighted by molar-refractivity contribution is -0.148. The van der Waals surface area contributed by atoms with Crippen molar-refractivity contribution in [3.63, 3.8) is 0 Å². The van der Waals surface area contributed by atoms with Crippen molar-refractivity contribution in [2.45, 2.75) is 30.4 Å². The first-order valence-corrected chi connectivity index (χ1v) is 14.2. The zero-order valence-electron chi connectivity index (χ0n) is 21.1. The molecule has 0 aliphatic rings. The van der Waals surface area contributed by atoms with Gasteiger partial charge in [-0.1, -0.05) is 54.6 Å². The lowest BCUT2D eigenvalue weighted by Crippen LogP contribution is -2.45. The monoisotopic (exact) mass is 570 g/mol. The maximum absolute atomic E-state index is 13.2. The first-order chi connectivity index (χ1) is 18.8. The van der Waals surface area contributed by atoms with Gasteiger partial charge in [-0.2, -0.15) is 8.42 Å².